The number of methoxy groups -OCH3 is 1. The van der Waals surface area contributed by atoms with Gasteiger partial charge in [0.05, 0.1) is 17.5 Å². The largest absolute Gasteiger partial charge is 0.480 e. The number of ether oxygens (including phenoxy) is 1. The molecule has 6 bridgehead atoms. The molecule has 1 unspecified atom stereocenters. The van der Waals surface area contributed by atoms with Crippen LogP contribution in [-0.2, 0) is 10.0 Å². The van der Waals surface area contributed by atoms with Gasteiger partial charge in [0.15, 0.2) is 0 Å². The van der Waals surface area contributed by atoms with Crippen LogP contribution >= 0.6 is 0 Å². The Balaban J connectivity index is 1.83. The lowest BCUT2D eigenvalue weighted by Gasteiger charge is -2.14. The number of aliphatic hydroxyl groups excluding tert-OH is 1. The Bertz CT molecular complexity index is 1590. The fourth-order valence-corrected chi connectivity index (χ4v) is 4.69. The van der Waals surface area contributed by atoms with E-state index in [2.05, 4.69) is 26.5 Å². The van der Waals surface area contributed by atoms with Crippen LogP contribution in [0.4, 0.5) is 10.1 Å². The molecule has 1 aliphatic rings. The summed E-state index contributed by atoms with van der Waals surface area (Å²) in [5.74, 6) is 4.78. The van der Waals surface area contributed by atoms with E-state index in [0.29, 0.717) is 16.6 Å². The summed E-state index contributed by atoms with van der Waals surface area (Å²) in [5.41, 5.74) is 2.50. The minimum absolute atomic E-state index is 0.0699. The van der Waals surface area contributed by atoms with Crippen molar-refractivity contribution in [2.45, 2.75) is 11.0 Å². The summed E-state index contributed by atoms with van der Waals surface area (Å²) in [5, 5.41) is 11.3. The lowest BCUT2D eigenvalue weighted by molar-refractivity contribution is 0.232. The first-order valence-electron chi connectivity index (χ1n) is 9.81. The van der Waals surface area contributed by atoms with Crippen LogP contribution in [0.1, 0.15) is 17.2 Å². The first-order valence-corrected chi connectivity index (χ1v) is 11.3. The second-order valence-electron chi connectivity index (χ2n) is 7.33. The number of rotatable bonds is 1. The third-order valence-electron chi connectivity index (χ3n) is 5.28. The van der Waals surface area contributed by atoms with Crippen LogP contribution in [0.15, 0.2) is 65.8 Å². The highest BCUT2D eigenvalue weighted by atomic mass is 32.2. The Morgan fingerprint density at radius 1 is 1.09 bits per heavy atom. The maximum atomic E-state index is 14.5. The van der Waals surface area contributed by atoms with Crippen molar-refractivity contribution >= 4 is 26.6 Å². The molecule has 0 saturated heterocycles. The molecule has 0 fully saturated rings. The van der Waals surface area contributed by atoms with E-state index in [-0.39, 0.29) is 22.0 Å². The fourth-order valence-electron chi connectivity index (χ4n) is 3.61. The predicted octanol–water partition coefficient (Wildman–Crippen LogP) is 3.64. The minimum Gasteiger partial charge on any atom is -0.480 e. The molecular weight excluding hydrogens is 445 g/mol. The molecule has 0 amide bonds. The van der Waals surface area contributed by atoms with Crippen molar-refractivity contribution < 1.29 is 22.7 Å². The quantitative estimate of drug-likeness (QED) is 0.420. The lowest BCUT2D eigenvalue weighted by Crippen LogP contribution is -2.15. The maximum Gasteiger partial charge on any atom is 0.262 e. The molecule has 164 valence electrons. The van der Waals surface area contributed by atoms with Gasteiger partial charge in [-0.2, -0.15) is 0 Å². The van der Waals surface area contributed by atoms with Gasteiger partial charge < -0.3 is 9.84 Å². The van der Waals surface area contributed by atoms with Crippen molar-refractivity contribution in [3.63, 3.8) is 0 Å². The van der Waals surface area contributed by atoms with E-state index < -0.39 is 21.9 Å². The summed E-state index contributed by atoms with van der Waals surface area (Å²) < 4.78 is 48.3. The molecule has 9 heteroatoms. The molecule has 1 atom stereocenters. The number of hydrogen-bond donors (Lipinski definition) is 2. The third-order valence-corrected chi connectivity index (χ3v) is 6.64. The summed E-state index contributed by atoms with van der Waals surface area (Å²) in [6, 6.07) is 11.9. The highest BCUT2D eigenvalue weighted by Gasteiger charge is 2.22. The number of benzene rings is 2. The van der Waals surface area contributed by atoms with Gasteiger partial charge in [0.1, 0.15) is 17.6 Å². The number of sulfonamides is 1. The summed E-state index contributed by atoms with van der Waals surface area (Å²) in [7, 11) is -2.78. The molecule has 0 saturated carbocycles. The molecule has 2 N–H and O–H groups in total. The number of nitrogens with one attached hydrogen (secondary N) is 1. The molecule has 0 spiro atoms. The van der Waals surface area contributed by atoms with Gasteiger partial charge in [0.25, 0.3) is 10.0 Å². The average molecular weight is 461 g/mol. The zero-order chi connectivity index (χ0) is 23.2. The Morgan fingerprint density at radius 3 is 2.76 bits per heavy atom. The van der Waals surface area contributed by atoms with Gasteiger partial charge in [0, 0.05) is 34.5 Å². The summed E-state index contributed by atoms with van der Waals surface area (Å²) in [6.07, 6.45) is 1.61. The normalized spacial score (nSPS) is 16.2. The molecule has 4 aromatic rings. The number of nitrogens with zero attached hydrogens (tertiary/aromatic N) is 2. The van der Waals surface area contributed by atoms with E-state index >= 15 is 0 Å². The number of halogens is 1. The second-order valence-corrected chi connectivity index (χ2v) is 9.01. The van der Waals surface area contributed by atoms with E-state index in [0.717, 1.165) is 29.1 Å². The highest BCUT2D eigenvalue weighted by Crippen LogP contribution is 2.32. The zero-order valence-corrected chi connectivity index (χ0v) is 18.0. The van der Waals surface area contributed by atoms with Crippen LogP contribution < -0.4 is 9.46 Å². The zero-order valence-electron chi connectivity index (χ0n) is 17.2. The summed E-state index contributed by atoms with van der Waals surface area (Å²) in [4.78, 5) is 8.34. The molecule has 7 nitrogen and oxygen atoms in total. The lowest BCUT2D eigenvalue weighted by atomic mass is 10.0. The van der Waals surface area contributed by atoms with Crippen molar-refractivity contribution in [1.82, 2.24) is 9.97 Å². The molecule has 5 rings (SSSR count). The number of aromatic nitrogens is 2. The topological polar surface area (TPSA) is 101 Å². The molecule has 2 aromatic carbocycles. The van der Waals surface area contributed by atoms with Crippen LogP contribution in [0.3, 0.4) is 0 Å². The van der Waals surface area contributed by atoms with E-state index in [4.69, 9.17) is 4.74 Å². The van der Waals surface area contributed by atoms with Crippen molar-refractivity contribution in [2.24, 2.45) is 0 Å². The third kappa shape index (κ3) is 3.75. The Labute approximate surface area is 189 Å². The van der Waals surface area contributed by atoms with Gasteiger partial charge in [-0.15, -0.1) is 0 Å². The molecular formula is C24H16FN3O4S. The number of fused-ring (bicyclic) bond motifs is 6. The SMILES string of the molecule is COc1ncc2cc1NS(=O)(=O)c1ccc(F)c(c1)C(O)C#Cc1ccnc3ccc-2cc13. The smallest absolute Gasteiger partial charge is 0.262 e. The number of pyridine rings is 2. The minimum atomic E-state index is -4.16. The van der Waals surface area contributed by atoms with Crippen molar-refractivity contribution in [1.29, 1.82) is 0 Å². The van der Waals surface area contributed by atoms with E-state index in [9.17, 15) is 17.9 Å². The Kier molecular flexibility index (Phi) is 4.96. The van der Waals surface area contributed by atoms with Crippen LogP contribution in [-0.4, -0.2) is 30.6 Å². The number of hydrogen-bond acceptors (Lipinski definition) is 6. The fraction of sp³-hybridized carbons (Fsp3) is 0.0833. The number of anilines is 1. The average Bonchev–Trinajstić information content (AvgIpc) is 2.81. The van der Waals surface area contributed by atoms with Gasteiger partial charge in [0.2, 0.25) is 5.88 Å². The van der Waals surface area contributed by atoms with E-state index in [1.165, 1.54) is 7.11 Å². The Hall–Kier alpha value is -4.00. The molecule has 3 heterocycles. The monoisotopic (exact) mass is 461 g/mol. The Morgan fingerprint density at radius 2 is 1.94 bits per heavy atom. The van der Waals surface area contributed by atoms with Crippen LogP contribution in [0.2, 0.25) is 0 Å². The van der Waals surface area contributed by atoms with Crippen LogP contribution in [0.25, 0.3) is 22.0 Å². The molecule has 0 radical (unpaired) electrons. The number of aliphatic hydroxyl groups is 1. The maximum absolute atomic E-state index is 14.5. The molecule has 0 aliphatic carbocycles. The van der Waals surface area contributed by atoms with Gasteiger partial charge in [-0.3, -0.25) is 9.71 Å². The van der Waals surface area contributed by atoms with Crippen LogP contribution in [0, 0.1) is 17.7 Å². The first-order chi connectivity index (χ1) is 15.9. The molecule has 2 aromatic heterocycles. The predicted molar refractivity (Wildman–Crippen MR) is 121 cm³/mol. The van der Waals surface area contributed by atoms with Crippen LogP contribution in [0.5, 0.6) is 5.88 Å². The first kappa shape index (κ1) is 20.9. The van der Waals surface area contributed by atoms with Gasteiger partial charge in [-0.05, 0) is 48.0 Å². The molecule has 1 aliphatic heterocycles. The highest BCUT2D eigenvalue weighted by molar-refractivity contribution is 7.92. The van der Waals surface area contributed by atoms with E-state index in [1.54, 1.807) is 30.6 Å². The van der Waals surface area contributed by atoms with Gasteiger partial charge >= 0.3 is 0 Å². The molecule has 33 heavy (non-hydrogen) atoms. The van der Waals surface area contributed by atoms with Crippen molar-refractivity contribution in [3.8, 4) is 28.8 Å². The van der Waals surface area contributed by atoms with E-state index in [1.807, 2.05) is 12.1 Å². The van der Waals surface area contributed by atoms with Crippen molar-refractivity contribution in [3.05, 3.63) is 77.9 Å². The summed E-state index contributed by atoms with van der Waals surface area (Å²) >= 11 is 0. The standard InChI is InChI=1S/C24H16FN3O4S/c1-32-24-22-11-16(13-27-24)15-2-6-21-18(10-15)14(8-9-26-21)3-7-23(29)19-12-17(4-5-20(19)25)33(30,31)28-22/h2,4-6,8-13,23,28-29H,1H3. The summed E-state index contributed by atoms with van der Waals surface area (Å²) in [6.45, 7) is 0. The van der Waals surface area contributed by atoms with Crippen molar-refractivity contribution in [2.75, 3.05) is 11.8 Å². The van der Waals surface area contributed by atoms with Gasteiger partial charge in [-0.25, -0.2) is 17.8 Å². The van der Waals surface area contributed by atoms with Gasteiger partial charge in [-0.1, -0.05) is 17.9 Å². The second kappa shape index (κ2) is 7.85.